The minimum Gasteiger partial charge on any atom is -0.345 e. The molecule has 0 radical (unpaired) electrons. The molecule has 0 aliphatic heterocycles. The summed E-state index contributed by atoms with van der Waals surface area (Å²) in [6.07, 6.45) is 13.4. The molecule has 0 saturated heterocycles. The monoisotopic (exact) mass is 393 g/mol. The van der Waals surface area contributed by atoms with E-state index in [9.17, 15) is 0 Å². The molecule has 1 heteroatoms. The molecular formula is C29H31N. The molecular weight excluding hydrogens is 362 g/mol. The van der Waals surface area contributed by atoms with Gasteiger partial charge in [-0.1, -0.05) is 84.3 Å². The number of anilines is 2. The van der Waals surface area contributed by atoms with E-state index in [0.717, 1.165) is 0 Å². The first-order valence-electron chi connectivity index (χ1n) is 11.1. The molecule has 0 amide bonds. The van der Waals surface area contributed by atoms with Crippen molar-refractivity contribution in [3.63, 3.8) is 0 Å². The lowest BCUT2D eigenvalue weighted by atomic mass is 9.93. The number of rotatable bonds is 5. The van der Waals surface area contributed by atoms with Crippen molar-refractivity contribution in [2.45, 2.75) is 39.0 Å². The summed E-state index contributed by atoms with van der Waals surface area (Å²) in [5.74, 6) is 0. The Labute approximate surface area is 181 Å². The Morgan fingerprint density at radius 1 is 0.600 bits per heavy atom. The van der Waals surface area contributed by atoms with Crippen LogP contribution in [0.3, 0.4) is 0 Å². The lowest BCUT2D eigenvalue weighted by Gasteiger charge is -2.20. The summed E-state index contributed by atoms with van der Waals surface area (Å²) in [5, 5.41) is 0. The van der Waals surface area contributed by atoms with Crippen molar-refractivity contribution in [3.05, 3.63) is 101 Å². The molecule has 3 aromatic carbocycles. The predicted molar refractivity (Wildman–Crippen MR) is 132 cm³/mol. The van der Waals surface area contributed by atoms with Crippen molar-refractivity contribution < 1.29 is 0 Å². The molecule has 0 spiro atoms. The third-order valence-electron chi connectivity index (χ3n) is 5.97. The third-order valence-corrected chi connectivity index (χ3v) is 5.97. The molecule has 1 fully saturated rings. The van der Waals surface area contributed by atoms with Crippen LogP contribution in [0.1, 0.15) is 54.4 Å². The van der Waals surface area contributed by atoms with Crippen LogP contribution in [0.5, 0.6) is 0 Å². The molecule has 1 nitrogen and oxygen atoms in total. The fourth-order valence-corrected chi connectivity index (χ4v) is 4.01. The summed E-state index contributed by atoms with van der Waals surface area (Å²) in [6.45, 7) is 2.12. The minimum atomic E-state index is 1.20. The predicted octanol–water partition coefficient (Wildman–Crippen LogP) is 8.28. The van der Waals surface area contributed by atoms with Gasteiger partial charge in [0.2, 0.25) is 0 Å². The molecule has 4 rings (SSSR count). The zero-order chi connectivity index (χ0) is 20.8. The Hall–Kier alpha value is -3.06. The van der Waals surface area contributed by atoms with Crippen LogP contribution < -0.4 is 4.90 Å². The van der Waals surface area contributed by atoms with Gasteiger partial charge >= 0.3 is 0 Å². The summed E-state index contributed by atoms with van der Waals surface area (Å²) < 4.78 is 0. The van der Waals surface area contributed by atoms with E-state index in [0.29, 0.717) is 0 Å². The van der Waals surface area contributed by atoms with Crippen molar-refractivity contribution in [3.8, 4) is 0 Å². The zero-order valence-corrected chi connectivity index (χ0v) is 18.1. The third kappa shape index (κ3) is 5.30. The number of aryl methyl sites for hydroxylation is 1. The van der Waals surface area contributed by atoms with E-state index in [1.165, 1.54) is 65.7 Å². The summed E-state index contributed by atoms with van der Waals surface area (Å²) in [6, 6.07) is 26.3. The molecule has 152 valence electrons. The number of hydrogen-bond acceptors (Lipinski definition) is 1. The van der Waals surface area contributed by atoms with Crippen LogP contribution in [0, 0.1) is 6.92 Å². The standard InChI is InChI=1S/C29H31N/c1-23-8-10-24(11-9-23)12-13-25-14-18-28(19-15-25)30(2)29-20-16-27(17-21-29)22-26-6-4-3-5-7-26/h8-22H,3-7H2,1-2H3/b13-12+. The second-order valence-corrected chi connectivity index (χ2v) is 8.35. The number of allylic oxidation sites excluding steroid dienone is 1. The summed E-state index contributed by atoms with van der Waals surface area (Å²) >= 11 is 0. The molecule has 1 saturated carbocycles. The molecule has 0 heterocycles. The fourth-order valence-electron chi connectivity index (χ4n) is 4.01. The Morgan fingerprint density at radius 3 is 1.60 bits per heavy atom. The van der Waals surface area contributed by atoms with E-state index in [4.69, 9.17) is 0 Å². The van der Waals surface area contributed by atoms with Gasteiger partial charge < -0.3 is 4.90 Å². The Balaban J connectivity index is 1.41. The molecule has 0 atom stereocenters. The van der Waals surface area contributed by atoms with Crippen LogP contribution in [-0.2, 0) is 0 Å². The SMILES string of the molecule is Cc1ccc(/C=C/c2ccc(N(C)c3ccc(C=C4CCCCC4)cc3)cc2)cc1. The maximum absolute atomic E-state index is 2.39. The highest BCUT2D eigenvalue weighted by molar-refractivity contribution is 5.72. The summed E-state index contributed by atoms with van der Waals surface area (Å²) in [7, 11) is 2.13. The molecule has 0 unspecified atom stereocenters. The summed E-state index contributed by atoms with van der Waals surface area (Å²) in [4.78, 5) is 2.24. The van der Waals surface area contributed by atoms with Crippen molar-refractivity contribution in [1.29, 1.82) is 0 Å². The first-order chi connectivity index (χ1) is 14.7. The molecule has 0 aromatic heterocycles. The van der Waals surface area contributed by atoms with Crippen LogP contribution in [0.15, 0.2) is 78.4 Å². The Bertz CT molecular complexity index is 997. The van der Waals surface area contributed by atoms with Gasteiger partial charge in [-0.25, -0.2) is 0 Å². The van der Waals surface area contributed by atoms with E-state index in [2.05, 4.69) is 110 Å². The number of benzene rings is 3. The average molecular weight is 394 g/mol. The van der Waals surface area contributed by atoms with Crippen LogP contribution in [-0.4, -0.2) is 7.05 Å². The topological polar surface area (TPSA) is 3.24 Å². The van der Waals surface area contributed by atoms with Gasteiger partial charge in [-0.3, -0.25) is 0 Å². The lowest BCUT2D eigenvalue weighted by molar-refractivity contribution is 0.602. The van der Waals surface area contributed by atoms with E-state index >= 15 is 0 Å². The van der Waals surface area contributed by atoms with E-state index in [-0.39, 0.29) is 0 Å². The lowest BCUT2D eigenvalue weighted by Crippen LogP contribution is -2.09. The van der Waals surface area contributed by atoms with E-state index in [1.807, 2.05) is 0 Å². The maximum atomic E-state index is 2.39. The quantitative estimate of drug-likeness (QED) is 0.394. The van der Waals surface area contributed by atoms with Crippen molar-refractivity contribution >= 4 is 29.6 Å². The van der Waals surface area contributed by atoms with Crippen LogP contribution >= 0.6 is 0 Å². The summed E-state index contributed by atoms with van der Waals surface area (Å²) in [5.41, 5.74) is 9.06. The highest BCUT2D eigenvalue weighted by atomic mass is 15.1. The van der Waals surface area contributed by atoms with Crippen molar-refractivity contribution in [1.82, 2.24) is 0 Å². The molecule has 30 heavy (non-hydrogen) atoms. The van der Waals surface area contributed by atoms with Gasteiger partial charge in [0.1, 0.15) is 0 Å². The van der Waals surface area contributed by atoms with E-state index in [1.54, 1.807) is 5.57 Å². The van der Waals surface area contributed by atoms with Gasteiger partial charge in [0.25, 0.3) is 0 Å². The van der Waals surface area contributed by atoms with Gasteiger partial charge in [-0.15, -0.1) is 0 Å². The minimum absolute atomic E-state index is 1.20. The normalized spacial score (nSPS) is 14.1. The van der Waals surface area contributed by atoms with Crippen LogP contribution in [0.2, 0.25) is 0 Å². The first-order valence-corrected chi connectivity index (χ1v) is 11.1. The fraction of sp³-hybridized carbons (Fsp3) is 0.241. The van der Waals surface area contributed by atoms with Crippen molar-refractivity contribution in [2.75, 3.05) is 11.9 Å². The second-order valence-electron chi connectivity index (χ2n) is 8.35. The average Bonchev–Trinajstić information content (AvgIpc) is 2.80. The van der Waals surface area contributed by atoms with Gasteiger partial charge in [0, 0.05) is 18.4 Å². The molecule has 0 bridgehead atoms. The zero-order valence-electron chi connectivity index (χ0n) is 18.1. The van der Waals surface area contributed by atoms with Gasteiger partial charge in [0.05, 0.1) is 0 Å². The number of nitrogens with zero attached hydrogens (tertiary/aromatic N) is 1. The Kier molecular flexibility index (Phi) is 6.49. The smallest absolute Gasteiger partial charge is 0.0408 e. The Morgan fingerprint density at radius 2 is 1.07 bits per heavy atom. The highest BCUT2D eigenvalue weighted by Crippen LogP contribution is 2.27. The molecule has 1 aliphatic carbocycles. The molecule has 0 N–H and O–H groups in total. The second kappa shape index (κ2) is 9.63. The molecule has 3 aromatic rings. The van der Waals surface area contributed by atoms with Gasteiger partial charge in [0.15, 0.2) is 0 Å². The first kappa shape index (κ1) is 20.2. The van der Waals surface area contributed by atoms with Crippen molar-refractivity contribution in [2.24, 2.45) is 0 Å². The van der Waals surface area contributed by atoms with Gasteiger partial charge in [-0.2, -0.15) is 0 Å². The molecule has 1 aliphatic rings. The maximum Gasteiger partial charge on any atom is 0.0408 e. The van der Waals surface area contributed by atoms with Crippen LogP contribution in [0.25, 0.3) is 18.2 Å². The largest absolute Gasteiger partial charge is 0.345 e. The van der Waals surface area contributed by atoms with Gasteiger partial charge in [-0.05, 0) is 73.6 Å². The highest BCUT2D eigenvalue weighted by Gasteiger charge is 2.06. The number of hydrogen-bond donors (Lipinski definition) is 0. The van der Waals surface area contributed by atoms with Crippen LogP contribution in [0.4, 0.5) is 11.4 Å². The van der Waals surface area contributed by atoms with E-state index < -0.39 is 0 Å².